The number of halogens is 1. The van der Waals surface area contributed by atoms with Gasteiger partial charge in [-0.3, -0.25) is 4.79 Å². The predicted octanol–water partition coefficient (Wildman–Crippen LogP) is 1.71. The summed E-state index contributed by atoms with van der Waals surface area (Å²) in [6, 6.07) is 0. The maximum Gasteiger partial charge on any atom is 0.244 e. The van der Waals surface area contributed by atoms with Crippen LogP contribution in [0, 0.1) is 5.92 Å². The van der Waals surface area contributed by atoms with Crippen LogP contribution < -0.4 is 5.32 Å². The van der Waals surface area contributed by atoms with E-state index in [0.29, 0.717) is 5.92 Å². The van der Waals surface area contributed by atoms with Crippen molar-refractivity contribution in [2.75, 3.05) is 6.54 Å². The summed E-state index contributed by atoms with van der Waals surface area (Å²) in [5.41, 5.74) is 0. The maximum absolute atomic E-state index is 10.7. The number of amides is 1. The van der Waals surface area contributed by atoms with E-state index in [1.807, 2.05) is 22.6 Å². The van der Waals surface area contributed by atoms with Crippen molar-refractivity contribution >= 4 is 28.5 Å². The van der Waals surface area contributed by atoms with Crippen molar-refractivity contribution in [3.05, 3.63) is 10.2 Å². The van der Waals surface area contributed by atoms with Gasteiger partial charge >= 0.3 is 0 Å². The molecule has 2 nitrogen and oxygen atoms in total. The number of hydrogen-bond donors (Lipinski definition) is 1. The monoisotopic (exact) mass is 253 g/mol. The fourth-order valence-electron chi connectivity index (χ4n) is 0.421. The molecule has 0 aromatic rings. The number of hydrogen-bond acceptors (Lipinski definition) is 1. The van der Waals surface area contributed by atoms with E-state index < -0.39 is 0 Å². The van der Waals surface area contributed by atoms with Crippen molar-refractivity contribution < 1.29 is 4.79 Å². The second-order valence-electron chi connectivity index (χ2n) is 2.43. The second kappa shape index (κ2) is 5.70. The molecule has 10 heavy (non-hydrogen) atoms. The first-order chi connectivity index (χ1) is 4.66. The zero-order valence-corrected chi connectivity index (χ0v) is 8.38. The van der Waals surface area contributed by atoms with Gasteiger partial charge < -0.3 is 5.32 Å². The molecule has 0 aliphatic carbocycles. The molecule has 0 spiro atoms. The van der Waals surface area contributed by atoms with Crippen molar-refractivity contribution in [2.45, 2.75) is 13.8 Å². The number of carbonyl (C=O) groups is 1. The van der Waals surface area contributed by atoms with Crippen LogP contribution in [0.25, 0.3) is 0 Å². The van der Waals surface area contributed by atoms with Crippen LogP contribution >= 0.6 is 22.6 Å². The summed E-state index contributed by atoms with van der Waals surface area (Å²) in [4.78, 5) is 10.7. The van der Waals surface area contributed by atoms with E-state index in [1.165, 1.54) is 6.08 Å². The van der Waals surface area contributed by atoms with E-state index in [1.54, 1.807) is 4.08 Å². The van der Waals surface area contributed by atoms with Gasteiger partial charge in [-0.05, 0) is 10.0 Å². The highest BCUT2D eigenvalue weighted by Gasteiger charge is 1.95. The predicted molar refractivity (Wildman–Crippen MR) is 51.0 cm³/mol. The van der Waals surface area contributed by atoms with Gasteiger partial charge in [-0.15, -0.1) is 0 Å². The van der Waals surface area contributed by atoms with Gasteiger partial charge in [0, 0.05) is 12.6 Å². The van der Waals surface area contributed by atoms with E-state index in [-0.39, 0.29) is 5.91 Å². The molecule has 0 saturated heterocycles. The Morgan fingerprint density at radius 2 is 2.30 bits per heavy atom. The molecule has 0 aliphatic heterocycles. The second-order valence-corrected chi connectivity index (χ2v) is 3.15. The highest BCUT2D eigenvalue weighted by atomic mass is 127. The van der Waals surface area contributed by atoms with Crippen molar-refractivity contribution in [1.82, 2.24) is 5.32 Å². The third-order valence-corrected chi connectivity index (χ3v) is 1.26. The lowest BCUT2D eigenvalue weighted by molar-refractivity contribution is -0.116. The van der Waals surface area contributed by atoms with Gasteiger partial charge in [0.2, 0.25) is 5.91 Å². The quantitative estimate of drug-likeness (QED) is 0.602. The minimum atomic E-state index is -0.0110. The van der Waals surface area contributed by atoms with Crippen LogP contribution in [-0.4, -0.2) is 12.5 Å². The van der Waals surface area contributed by atoms with Gasteiger partial charge in [0.05, 0.1) is 0 Å². The van der Waals surface area contributed by atoms with Gasteiger partial charge in [-0.25, -0.2) is 0 Å². The minimum absolute atomic E-state index is 0.0110. The van der Waals surface area contributed by atoms with E-state index in [0.717, 1.165) is 6.54 Å². The van der Waals surface area contributed by atoms with E-state index in [4.69, 9.17) is 0 Å². The summed E-state index contributed by atoms with van der Waals surface area (Å²) in [7, 11) is 0. The molecule has 0 unspecified atom stereocenters. The molecule has 3 heteroatoms. The zero-order valence-electron chi connectivity index (χ0n) is 6.23. The normalized spacial score (nSPS) is 10.8. The van der Waals surface area contributed by atoms with Gasteiger partial charge in [0.1, 0.15) is 0 Å². The third-order valence-electron chi connectivity index (χ3n) is 0.899. The third kappa shape index (κ3) is 6.07. The lowest BCUT2D eigenvalue weighted by atomic mass is 10.2. The summed E-state index contributed by atoms with van der Waals surface area (Å²) in [5, 5.41) is 2.75. The molecule has 0 fully saturated rings. The smallest absolute Gasteiger partial charge is 0.244 e. The minimum Gasteiger partial charge on any atom is -0.352 e. The molecule has 58 valence electrons. The van der Waals surface area contributed by atoms with Gasteiger partial charge in [-0.1, -0.05) is 36.4 Å². The van der Waals surface area contributed by atoms with Gasteiger partial charge in [-0.2, -0.15) is 0 Å². The molecule has 1 amide bonds. The van der Waals surface area contributed by atoms with E-state index >= 15 is 0 Å². The largest absolute Gasteiger partial charge is 0.352 e. The van der Waals surface area contributed by atoms with E-state index in [9.17, 15) is 4.79 Å². The van der Waals surface area contributed by atoms with Crippen LogP contribution in [0.15, 0.2) is 10.2 Å². The topological polar surface area (TPSA) is 29.1 Å². The Labute approximate surface area is 75.2 Å². The lowest BCUT2D eigenvalue weighted by Crippen LogP contribution is -2.25. The molecule has 0 radical (unpaired) electrons. The molecule has 0 rings (SSSR count). The Hall–Kier alpha value is -0.0600. The Morgan fingerprint density at radius 1 is 1.70 bits per heavy atom. The average Bonchev–Trinajstić information content (AvgIpc) is 1.85. The van der Waals surface area contributed by atoms with Crippen LogP contribution in [0.4, 0.5) is 0 Å². The first kappa shape index (κ1) is 9.94. The molecule has 0 aromatic heterocycles. The Morgan fingerprint density at radius 3 is 2.70 bits per heavy atom. The zero-order chi connectivity index (χ0) is 7.98. The standard InChI is InChI=1S/C7H12INO/c1-6(2)5-9-7(10)3-4-8/h3-4,6H,5H2,1-2H3,(H,9,10)/b4-3+. The van der Waals surface area contributed by atoms with Gasteiger partial charge in [0.25, 0.3) is 0 Å². The van der Waals surface area contributed by atoms with Crippen molar-refractivity contribution in [1.29, 1.82) is 0 Å². The van der Waals surface area contributed by atoms with Crippen LogP contribution in [0.2, 0.25) is 0 Å². The number of nitrogens with one attached hydrogen (secondary N) is 1. The Bertz CT molecular complexity index is 132. The van der Waals surface area contributed by atoms with Crippen LogP contribution in [0.5, 0.6) is 0 Å². The molecule has 0 bridgehead atoms. The maximum atomic E-state index is 10.7. The molecule has 0 aromatic carbocycles. The first-order valence-corrected chi connectivity index (χ1v) is 4.46. The number of carbonyl (C=O) groups excluding carboxylic acids is 1. The fourth-order valence-corrected chi connectivity index (χ4v) is 0.747. The molecule has 1 N–H and O–H groups in total. The molecule has 0 atom stereocenters. The van der Waals surface area contributed by atoms with Crippen LogP contribution in [0.1, 0.15) is 13.8 Å². The fraction of sp³-hybridized carbons (Fsp3) is 0.571. The van der Waals surface area contributed by atoms with Crippen molar-refractivity contribution in [3.8, 4) is 0 Å². The molecule has 0 saturated carbocycles. The summed E-state index contributed by atoms with van der Waals surface area (Å²) in [6.45, 7) is 4.88. The summed E-state index contributed by atoms with van der Waals surface area (Å²) in [5.74, 6) is 0.509. The van der Waals surface area contributed by atoms with Crippen molar-refractivity contribution in [3.63, 3.8) is 0 Å². The highest BCUT2D eigenvalue weighted by molar-refractivity contribution is 14.1. The Balaban J connectivity index is 3.40. The SMILES string of the molecule is CC(C)CNC(=O)/C=C/I. The van der Waals surface area contributed by atoms with Crippen LogP contribution in [-0.2, 0) is 4.79 Å². The van der Waals surface area contributed by atoms with E-state index in [2.05, 4.69) is 19.2 Å². The summed E-state index contributed by atoms with van der Waals surface area (Å²) in [6.07, 6.45) is 1.52. The Kier molecular flexibility index (Phi) is 5.67. The molecular formula is C7H12INO. The molecule has 0 heterocycles. The molecular weight excluding hydrogens is 241 g/mol. The van der Waals surface area contributed by atoms with Gasteiger partial charge in [0.15, 0.2) is 0 Å². The molecule has 0 aliphatic rings. The summed E-state index contributed by atoms with van der Waals surface area (Å²) >= 11 is 2.02. The number of rotatable bonds is 3. The van der Waals surface area contributed by atoms with Crippen LogP contribution in [0.3, 0.4) is 0 Å². The summed E-state index contributed by atoms with van der Waals surface area (Å²) < 4.78 is 1.70. The highest BCUT2D eigenvalue weighted by Crippen LogP contribution is 1.88. The van der Waals surface area contributed by atoms with Crippen molar-refractivity contribution in [2.24, 2.45) is 5.92 Å². The average molecular weight is 253 g/mol. The first-order valence-electron chi connectivity index (χ1n) is 3.21. The lowest BCUT2D eigenvalue weighted by Gasteiger charge is -2.03.